The van der Waals surface area contributed by atoms with Gasteiger partial charge in [0.05, 0.1) is 18.7 Å². The molecular formula is C19H29N2O3+. The molecule has 1 amide bonds. The van der Waals surface area contributed by atoms with Crippen LogP contribution in [0.15, 0.2) is 24.3 Å². The number of nitrogens with one attached hydrogen (secondary N) is 2. The maximum absolute atomic E-state index is 12.1. The maximum atomic E-state index is 12.1. The van der Waals surface area contributed by atoms with Crippen LogP contribution in [0, 0.1) is 5.92 Å². The molecule has 1 aromatic carbocycles. The van der Waals surface area contributed by atoms with Gasteiger partial charge in [0.2, 0.25) is 5.91 Å². The summed E-state index contributed by atoms with van der Waals surface area (Å²) in [6, 6.07) is 6.94. The minimum absolute atomic E-state index is 0.0880. The van der Waals surface area contributed by atoms with E-state index in [1.807, 2.05) is 0 Å². The fourth-order valence-corrected chi connectivity index (χ4v) is 3.10. The minimum Gasteiger partial charge on any atom is -0.456 e. The highest BCUT2D eigenvalue weighted by Gasteiger charge is 2.22. The second-order valence-corrected chi connectivity index (χ2v) is 6.39. The number of benzene rings is 1. The fourth-order valence-electron chi connectivity index (χ4n) is 3.10. The number of ether oxygens (including phenoxy) is 1. The van der Waals surface area contributed by atoms with E-state index in [1.54, 1.807) is 24.3 Å². The summed E-state index contributed by atoms with van der Waals surface area (Å²) in [6.45, 7) is 7.57. The predicted octanol–water partition coefficient (Wildman–Crippen LogP) is 1.90. The molecule has 0 atom stereocenters. The lowest BCUT2D eigenvalue weighted by Crippen LogP contribution is -3.11. The monoisotopic (exact) mass is 333 g/mol. The van der Waals surface area contributed by atoms with Crippen molar-refractivity contribution in [3.8, 4) is 0 Å². The van der Waals surface area contributed by atoms with Crippen LogP contribution in [0.5, 0.6) is 0 Å². The average molecular weight is 333 g/mol. The smallest absolute Gasteiger partial charge is 0.338 e. The molecule has 1 fully saturated rings. The third kappa shape index (κ3) is 5.34. The van der Waals surface area contributed by atoms with E-state index in [1.165, 1.54) is 4.90 Å². The number of likely N-dealkylation sites (N-methyl/N-ethyl adjacent to an activating group) is 1. The van der Waals surface area contributed by atoms with E-state index >= 15 is 0 Å². The molecule has 1 aromatic rings. The van der Waals surface area contributed by atoms with E-state index in [-0.39, 0.29) is 17.8 Å². The lowest BCUT2D eigenvalue weighted by molar-refractivity contribution is -0.896. The van der Waals surface area contributed by atoms with E-state index in [4.69, 9.17) is 4.74 Å². The van der Waals surface area contributed by atoms with Crippen molar-refractivity contribution < 1.29 is 19.2 Å². The Bertz CT molecular complexity index is 532. The molecule has 5 nitrogen and oxygen atoms in total. The van der Waals surface area contributed by atoms with Crippen molar-refractivity contribution in [2.24, 2.45) is 5.92 Å². The second-order valence-electron chi connectivity index (χ2n) is 6.39. The van der Waals surface area contributed by atoms with Gasteiger partial charge in [-0.2, -0.15) is 0 Å². The quantitative estimate of drug-likeness (QED) is 0.714. The predicted molar refractivity (Wildman–Crippen MR) is 94.2 cm³/mol. The van der Waals surface area contributed by atoms with Gasteiger partial charge in [-0.3, -0.25) is 4.79 Å². The zero-order valence-corrected chi connectivity index (χ0v) is 14.8. The van der Waals surface area contributed by atoms with Gasteiger partial charge in [0.25, 0.3) is 0 Å². The topological polar surface area (TPSA) is 59.8 Å². The van der Waals surface area contributed by atoms with Crippen molar-refractivity contribution in [1.82, 2.24) is 0 Å². The van der Waals surface area contributed by atoms with Crippen molar-refractivity contribution in [2.45, 2.75) is 39.5 Å². The van der Waals surface area contributed by atoms with E-state index in [9.17, 15) is 9.59 Å². The molecule has 1 aliphatic rings. The molecule has 2 rings (SSSR count). The minimum atomic E-state index is -0.310. The molecule has 0 aliphatic heterocycles. The lowest BCUT2D eigenvalue weighted by Gasteiger charge is -2.15. The van der Waals surface area contributed by atoms with Gasteiger partial charge in [-0.15, -0.1) is 0 Å². The Morgan fingerprint density at radius 3 is 2.33 bits per heavy atom. The van der Waals surface area contributed by atoms with Crippen LogP contribution in [-0.2, 0) is 9.53 Å². The first-order valence-electron chi connectivity index (χ1n) is 9.05. The number of rotatable bonds is 8. The van der Waals surface area contributed by atoms with Crippen LogP contribution in [0.2, 0.25) is 0 Å². The van der Waals surface area contributed by atoms with E-state index < -0.39 is 0 Å². The summed E-state index contributed by atoms with van der Waals surface area (Å²) >= 11 is 0. The van der Waals surface area contributed by atoms with E-state index in [0.717, 1.165) is 51.0 Å². The molecule has 1 aliphatic carbocycles. The van der Waals surface area contributed by atoms with E-state index in [2.05, 4.69) is 19.2 Å². The molecule has 5 heteroatoms. The number of hydrogen-bond donors (Lipinski definition) is 2. The van der Waals surface area contributed by atoms with Gasteiger partial charge < -0.3 is 15.0 Å². The summed E-state index contributed by atoms with van der Waals surface area (Å²) in [5.74, 6) is -0.0857. The van der Waals surface area contributed by atoms with Crippen LogP contribution in [0.25, 0.3) is 0 Å². The Hall–Kier alpha value is -1.88. The van der Waals surface area contributed by atoms with Crippen LogP contribution in [0.3, 0.4) is 0 Å². The third-order valence-corrected chi connectivity index (χ3v) is 4.80. The summed E-state index contributed by atoms with van der Waals surface area (Å²) in [5, 5.41) is 2.93. The standard InChI is InChI=1S/C19H28N2O3/c1-3-21(4-2)13-14-24-19(23)16-9-11-17(12-10-16)20-18(22)15-7-5-6-8-15/h9-12,15H,3-8,13-14H2,1-2H3,(H,20,22)/p+1. The third-order valence-electron chi connectivity index (χ3n) is 4.80. The number of carbonyl (C=O) groups excluding carboxylic acids is 2. The summed E-state index contributed by atoms with van der Waals surface area (Å²) in [4.78, 5) is 25.5. The molecule has 0 heterocycles. The summed E-state index contributed by atoms with van der Waals surface area (Å²) in [6.07, 6.45) is 4.23. The normalized spacial score (nSPS) is 14.8. The first kappa shape index (κ1) is 18.5. The second kappa shape index (κ2) is 9.42. The highest BCUT2D eigenvalue weighted by atomic mass is 16.5. The molecule has 0 bridgehead atoms. The molecule has 0 saturated heterocycles. The van der Waals surface area contributed by atoms with Crippen molar-refractivity contribution in [2.75, 3.05) is 31.6 Å². The molecule has 1 saturated carbocycles. The van der Waals surface area contributed by atoms with Gasteiger partial charge in [-0.25, -0.2) is 4.79 Å². The SMILES string of the molecule is CC[NH+](CC)CCOC(=O)c1ccc(NC(=O)C2CCCC2)cc1. The Morgan fingerprint density at radius 1 is 1.12 bits per heavy atom. The number of esters is 1. The Kier molecular flexibility index (Phi) is 7.25. The number of quaternary nitrogens is 1. The van der Waals surface area contributed by atoms with E-state index in [0.29, 0.717) is 12.2 Å². The van der Waals surface area contributed by atoms with Gasteiger partial charge in [0.1, 0.15) is 13.2 Å². The first-order chi connectivity index (χ1) is 11.6. The summed E-state index contributed by atoms with van der Waals surface area (Å²) in [5.41, 5.74) is 1.25. The lowest BCUT2D eigenvalue weighted by atomic mass is 10.1. The summed E-state index contributed by atoms with van der Waals surface area (Å²) < 4.78 is 5.32. The molecule has 132 valence electrons. The van der Waals surface area contributed by atoms with Gasteiger partial charge in [0, 0.05) is 11.6 Å². The van der Waals surface area contributed by atoms with Crippen molar-refractivity contribution in [1.29, 1.82) is 0 Å². The van der Waals surface area contributed by atoms with Gasteiger partial charge in [-0.05, 0) is 51.0 Å². The fraction of sp³-hybridized carbons (Fsp3) is 0.579. The van der Waals surface area contributed by atoms with Gasteiger partial charge >= 0.3 is 5.97 Å². The van der Waals surface area contributed by atoms with Gasteiger partial charge in [0.15, 0.2) is 0 Å². The maximum Gasteiger partial charge on any atom is 0.338 e. The number of anilines is 1. The molecule has 24 heavy (non-hydrogen) atoms. The molecule has 0 spiro atoms. The number of carbonyl (C=O) groups is 2. The van der Waals surface area contributed by atoms with Crippen LogP contribution in [-0.4, -0.2) is 38.1 Å². The van der Waals surface area contributed by atoms with Crippen LogP contribution < -0.4 is 10.2 Å². The zero-order valence-electron chi connectivity index (χ0n) is 14.8. The Labute approximate surface area is 144 Å². The largest absolute Gasteiger partial charge is 0.456 e. The van der Waals surface area contributed by atoms with Crippen molar-refractivity contribution in [3.63, 3.8) is 0 Å². The van der Waals surface area contributed by atoms with Crippen molar-refractivity contribution >= 4 is 17.6 Å². The first-order valence-corrected chi connectivity index (χ1v) is 9.05. The number of hydrogen-bond acceptors (Lipinski definition) is 3. The molecule has 0 unspecified atom stereocenters. The molecule has 0 aromatic heterocycles. The number of amides is 1. The summed E-state index contributed by atoms with van der Waals surface area (Å²) in [7, 11) is 0. The van der Waals surface area contributed by atoms with Crippen LogP contribution >= 0.6 is 0 Å². The highest BCUT2D eigenvalue weighted by molar-refractivity contribution is 5.94. The Morgan fingerprint density at radius 2 is 1.75 bits per heavy atom. The molecule has 2 N–H and O–H groups in total. The molecule has 0 radical (unpaired) electrons. The van der Waals surface area contributed by atoms with Crippen LogP contribution in [0.1, 0.15) is 49.9 Å². The molecular weight excluding hydrogens is 304 g/mol. The highest BCUT2D eigenvalue weighted by Crippen LogP contribution is 2.26. The zero-order chi connectivity index (χ0) is 17.4. The Balaban J connectivity index is 1.80. The van der Waals surface area contributed by atoms with Crippen molar-refractivity contribution in [3.05, 3.63) is 29.8 Å². The average Bonchev–Trinajstić information content (AvgIpc) is 3.14. The van der Waals surface area contributed by atoms with Crippen LogP contribution in [0.4, 0.5) is 5.69 Å². The van der Waals surface area contributed by atoms with Gasteiger partial charge in [-0.1, -0.05) is 12.8 Å².